The number of carbonyl (C=O) groups excluding carboxylic acids is 8. The highest BCUT2D eigenvalue weighted by Crippen LogP contribution is 2.29. The molecule has 1 saturated heterocycles. The largest absolute Gasteiger partial charge is 0.503 e. The van der Waals surface area contributed by atoms with Crippen LogP contribution in [0.2, 0.25) is 0 Å². The summed E-state index contributed by atoms with van der Waals surface area (Å²) >= 11 is 9.53. The molecule has 8 atom stereocenters. The monoisotopic (exact) mass is 1760 g/mol. The van der Waals surface area contributed by atoms with Crippen molar-refractivity contribution in [3.63, 3.8) is 0 Å². The summed E-state index contributed by atoms with van der Waals surface area (Å²) in [4.78, 5) is 119. The highest BCUT2D eigenvalue weighted by molar-refractivity contribution is 7.16. The Kier molecular flexibility index (Phi) is 76.6. The van der Waals surface area contributed by atoms with Crippen molar-refractivity contribution in [1.29, 1.82) is 0 Å². The fourth-order valence-electron chi connectivity index (χ4n) is 9.21. The number of nitrogens with one attached hydrogen (secondary N) is 1. The summed E-state index contributed by atoms with van der Waals surface area (Å²) in [6.07, 6.45) is 12.5. The number of hydrogen-bond acceptors (Lipinski definition) is 22. The van der Waals surface area contributed by atoms with Crippen LogP contribution in [0.1, 0.15) is 259 Å². The van der Waals surface area contributed by atoms with Gasteiger partial charge in [-0.05, 0) is 246 Å². The maximum absolute atomic E-state index is 13.1. The lowest BCUT2D eigenvalue weighted by Gasteiger charge is -2.42. The van der Waals surface area contributed by atoms with Gasteiger partial charge in [-0.15, -0.1) is 32.4 Å². The van der Waals surface area contributed by atoms with E-state index in [0.717, 1.165) is 56.7 Å². The van der Waals surface area contributed by atoms with E-state index in [2.05, 4.69) is 61.6 Å². The Morgan fingerprint density at radius 1 is 0.731 bits per heavy atom. The van der Waals surface area contributed by atoms with Gasteiger partial charge < -0.3 is 83.9 Å². The van der Waals surface area contributed by atoms with Gasteiger partial charge >= 0.3 is 36.3 Å². The fourth-order valence-corrected chi connectivity index (χ4v) is 9.21. The molecule has 2 unspecified atom stereocenters. The number of benzene rings is 1. The van der Waals surface area contributed by atoms with Gasteiger partial charge in [0.15, 0.2) is 17.2 Å². The predicted octanol–water partition coefficient (Wildman–Crippen LogP) is 17.3. The maximum Gasteiger partial charge on any atom is 0.410 e. The molecule has 3 heterocycles. The molecule has 0 spiro atoms. The van der Waals surface area contributed by atoms with Crippen LogP contribution in [-0.4, -0.2) is 262 Å². The van der Waals surface area contributed by atoms with Crippen molar-refractivity contribution in [2.45, 2.75) is 311 Å². The number of likely N-dealkylation sites (N-methyl/N-ethyl adjacent to an activating group) is 3. The highest BCUT2D eigenvalue weighted by Gasteiger charge is 2.40. The van der Waals surface area contributed by atoms with Gasteiger partial charge in [0, 0.05) is 102 Å². The zero-order chi connectivity index (χ0) is 90.3. The lowest BCUT2D eigenvalue weighted by molar-refractivity contribution is -0.138. The Balaban J connectivity index is -0.000000175. The van der Waals surface area contributed by atoms with E-state index in [1.165, 1.54) is 46.8 Å². The number of pyridine rings is 1. The number of azide groups is 1. The number of ether oxygens (including phenoxy) is 6. The number of halogens is 3. The molecule has 6 N–H and O–H groups in total. The van der Waals surface area contributed by atoms with Crippen LogP contribution < -0.4 is 16.5 Å². The van der Waals surface area contributed by atoms with Gasteiger partial charge in [-0.1, -0.05) is 66.5 Å². The molecular formula is C85H162Cl2FN12O18P. The first-order valence-electron chi connectivity index (χ1n) is 38.9. The number of alkyl halides is 2. The SMILES string of the molecule is C.C.C.C.C=CC(=O)OCC.CCOC(=O)/C=C/[C@H](C)N(C)C(=O)OC(C)(C)C.CCP.CN[C@@H](C)CCCN.C[C@@H](CCCN=[N+]=[N-])N(C)C(=O)OC(C)(C)C.C[C@@H](CCCO)N(C)C(=O)OC(C)(C)C.C[C@@H](CO)N(C)C(=O)OC(C)(C)C.C[C@H]1CCCN2C(=O)c3c(O)c(=O)c(C(=O)CCc4ccc(F)cc4)cn3CC2N1C.ClCCl. The van der Waals surface area contributed by atoms with Crippen molar-refractivity contribution in [3.8, 4) is 5.75 Å². The molecule has 4 rings (SSSR count). The van der Waals surface area contributed by atoms with Gasteiger partial charge in [-0.3, -0.25) is 19.3 Å². The van der Waals surface area contributed by atoms with Crippen molar-refractivity contribution < 1.29 is 86.5 Å². The zero-order valence-corrected chi connectivity index (χ0v) is 76.9. The van der Waals surface area contributed by atoms with Gasteiger partial charge in [0.25, 0.3) is 5.91 Å². The molecule has 2 aromatic rings. The Hall–Kier alpha value is -7.34. The van der Waals surface area contributed by atoms with Crippen LogP contribution in [0.5, 0.6) is 5.75 Å². The highest BCUT2D eigenvalue weighted by atomic mass is 35.5. The van der Waals surface area contributed by atoms with Crippen LogP contribution in [0.25, 0.3) is 10.4 Å². The second kappa shape index (κ2) is 70.2. The van der Waals surface area contributed by atoms with Crippen LogP contribution in [0.4, 0.5) is 23.6 Å². The normalized spacial score (nSPS) is 14.2. The van der Waals surface area contributed by atoms with Crippen LogP contribution >= 0.6 is 32.4 Å². The van der Waals surface area contributed by atoms with E-state index < -0.39 is 63.4 Å². The summed E-state index contributed by atoms with van der Waals surface area (Å²) in [7, 11) is 13.2. The van der Waals surface area contributed by atoms with Crippen molar-refractivity contribution in [3.05, 3.63) is 98.6 Å². The van der Waals surface area contributed by atoms with Gasteiger partial charge in [0.1, 0.15) is 34.4 Å². The number of hydrogen-bond donors (Lipinski definition) is 5. The zero-order valence-electron chi connectivity index (χ0n) is 74.2. The smallest absolute Gasteiger partial charge is 0.410 e. The summed E-state index contributed by atoms with van der Waals surface area (Å²) < 4.78 is 44.6. The fraction of sp³-hybridized carbons (Fsp3) is 0.729. The van der Waals surface area contributed by atoms with Gasteiger partial charge in [-0.2, -0.15) is 0 Å². The lowest BCUT2D eigenvalue weighted by atomic mass is 10.0. The Morgan fingerprint density at radius 2 is 1.15 bits per heavy atom. The molecule has 1 aromatic carbocycles. The van der Waals surface area contributed by atoms with E-state index in [1.807, 2.05) is 90.3 Å². The lowest BCUT2D eigenvalue weighted by Crippen LogP contribution is -2.56. The number of aromatic hydroxyl groups is 1. The van der Waals surface area contributed by atoms with E-state index in [1.54, 1.807) is 114 Å². The van der Waals surface area contributed by atoms with Crippen molar-refractivity contribution in [1.82, 2.24) is 39.3 Å². The minimum Gasteiger partial charge on any atom is -0.503 e. The number of amides is 5. The molecule has 696 valence electrons. The van der Waals surface area contributed by atoms with Crippen LogP contribution in [-0.2, 0) is 51.0 Å². The number of esters is 2. The third-order valence-corrected chi connectivity index (χ3v) is 16.4. The van der Waals surface area contributed by atoms with E-state index in [9.17, 15) is 52.6 Å². The quantitative estimate of drug-likeness (QED) is 0.00589. The minimum atomic E-state index is -0.821. The molecule has 119 heavy (non-hydrogen) atoms. The molecule has 2 aliphatic heterocycles. The van der Waals surface area contributed by atoms with E-state index >= 15 is 0 Å². The summed E-state index contributed by atoms with van der Waals surface area (Å²) in [5, 5.41) is 34.8. The van der Waals surface area contributed by atoms with Crippen molar-refractivity contribution in [2.75, 3.05) is 99.8 Å². The molecule has 1 fully saturated rings. The number of nitrogens with two attached hydrogens (primary N) is 1. The minimum absolute atomic E-state index is 0. The first kappa shape index (κ1) is 130. The Bertz CT molecular complexity index is 3250. The molecule has 1 aromatic heterocycles. The van der Waals surface area contributed by atoms with Crippen LogP contribution in [0, 0.1) is 5.82 Å². The average Bonchev–Trinajstić information content (AvgIpc) is 1.43. The summed E-state index contributed by atoms with van der Waals surface area (Å²) in [6.45, 7) is 45.4. The van der Waals surface area contributed by atoms with Gasteiger partial charge in [0.2, 0.25) is 5.43 Å². The number of Topliss-reactive ketones (excluding diaryl/α,β-unsaturated/α-hetero) is 1. The molecule has 5 amide bonds. The predicted molar refractivity (Wildman–Crippen MR) is 486 cm³/mol. The van der Waals surface area contributed by atoms with E-state index in [-0.39, 0.29) is 126 Å². The molecule has 0 aliphatic carbocycles. The number of ketones is 1. The Morgan fingerprint density at radius 3 is 1.53 bits per heavy atom. The summed E-state index contributed by atoms with van der Waals surface area (Å²) in [5.74, 6) is -2.61. The van der Waals surface area contributed by atoms with Crippen LogP contribution in [0.15, 0.2) is 65.2 Å². The molecule has 30 nitrogen and oxygen atoms in total. The number of nitrogens with zero attached hydrogens (tertiary/aromatic N) is 10. The number of aliphatic hydroxyl groups excluding tert-OH is 2. The Labute approximate surface area is 728 Å². The number of aromatic nitrogens is 1. The topological polar surface area (TPSA) is 381 Å². The summed E-state index contributed by atoms with van der Waals surface area (Å²) in [6, 6.07) is 6.44. The molecule has 0 radical (unpaired) electrons. The third kappa shape index (κ3) is 62.4. The number of carbonyl (C=O) groups is 8. The molecule has 0 bridgehead atoms. The second-order valence-corrected chi connectivity index (χ2v) is 32.5. The summed E-state index contributed by atoms with van der Waals surface area (Å²) in [5.41, 5.74) is 11.3. The second-order valence-electron chi connectivity index (χ2n) is 30.9. The number of fused-ring (bicyclic) bond motifs is 2. The van der Waals surface area contributed by atoms with Crippen molar-refractivity contribution in [2.24, 2.45) is 10.8 Å². The number of aliphatic hydroxyl groups is 2. The van der Waals surface area contributed by atoms with E-state index in [4.69, 9.17) is 68.4 Å². The van der Waals surface area contributed by atoms with Gasteiger partial charge in [0.05, 0.1) is 49.4 Å². The molecule has 0 saturated carbocycles. The number of rotatable bonds is 25. The third-order valence-electron chi connectivity index (χ3n) is 16.4. The molecule has 2 aliphatic rings. The average molecular weight is 1760 g/mol. The van der Waals surface area contributed by atoms with Crippen LogP contribution in [0.3, 0.4) is 0 Å². The molecular weight excluding hydrogens is 1600 g/mol. The van der Waals surface area contributed by atoms with E-state index in [0.29, 0.717) is 51.7 Å². The first-order chi connectivity index (χ1) is 53.2. The molecule has 34 heteroatoms. The van der Waals surface area contributed by atoms with Crippen molar-refractivity contribution >= 4 is 80.4 Å². The standard InChI is InChI=1S/C23H26FN3O4.C13H23NO4.C11H22N4O2.C11H23NO3.C9H19NO3.C6H16N2.C5H8O2.C2H7P.CH2Cl2.4CH4/c1-14-4-3-11-27-19(25(14)2)13-26-12-17(21(29)22(30)20(26)23(27)31)18(28)10-7-15-5-8-16(24)9-6-15;1-7-17-11(15)9-8-10(2)14(6)12(16)18-13(3,4)5;1-9(7-6-8-13-14-12)15(5)10(16)17-11(2,3)4;1-9(7-6-8-13)12(5)10(14)15-11(2,3)4;1-7(6-11)10(5)8(12)13-9(2,3)4;1-6(8-2)4-3-5-7;1-3-5(6)7-4-2;1-2-3;2-1-3;;;;/h5-6,8-9,12,14,19,30H,3-4,7,10-11,13H2,1-2H3;8-10H,7H2,1-6H3;9H,6-8H2,1-5H3;9,13H,6-8H2,1-5H3;7,11H,6H2,1-5H3;6,8H,3-5,7H2,1-2H3;3H,1,4H2,2H3;2-3H2,1H3;1H2;4*1H4/b;9-8+;;;;;;;;;;;/t14-,19?;10-;2*9-;7-;6-;;;;;;;/m000000......./s1. The van der Waals surface area contributed by atoms with Gasteiger partial charge in [-0.25, -0.2) is 33.2 Å². The number of aryl methyl sites for hydroxylation is 1. The first-order valence-corrected chi connectivity index (χ1v) is 40.8. The maximum atomic E-state index is 13.1.